The van der Waals surface area contributed by atoms with Crippen molar-refractivity contribution < 1.29 is 17.9 Å². The molecular weight excluding hydrogens is 514 g/mol. The number of benzene rings is 2. The van der Waals surface area contributed by atoms with E-state index < -0.39 is 15.6 Å². The molecule has 39 heavy (non-hydrogen) atoms. The van der Waals surface area contributed by atoms with Gasteiger partial charge in [0.2, 0.25) is 15.8 Å². The van der Waals surface area contributed by atoms with Crippen LogP contribution in [0.15, 0.2) is 48.5 Å². The van der Waals surface area contributed by atoms with Gasteiger partial charge in [-0.05, 0) is 75.8 Å². The number of sulfonamides is 1. The molecule has 1 fully saturated rings. The molecular formula is C29H35N5O4S. The number of rotatable bonds is 6. The van der Waals surface area contributed by atoms with Crippen molar-refractivity contribution in [1.82, 2.24) is 14.9 Å². The van der Waals surface area contributed by atoms with Gasteiger partial charge in [0.15, 0.2) is 0 Å². The quantitative estimate of drug-likeness (QED) is 0.430. The minimum absolute atomic E-state index is 0.162. The number of hydrogen-bond donors (Lipinski definition) is 2. The third kappa shape index (κ3) is 8.58. The van der Waals surface area contributed by atoms with E-state index >= 15 is 0 Å². The number of piperidine rings is 1. The van der Waals surface area contributed by atoms with Gasteiger partial charge >= 0.3 is 6.09 Å². The fraction of sp³-hybridized carbons (Fsp3) is 0.414. The maximum atomic E-state index is 12.3. The highest BCUT2D eigenvalue weighted by atomic mass is 32.2. The van der Waals surface area contributed by atoms with Gasteiger partial charge < -0.3 is 15.0 Å². The van der Waals surface area contributed by atoms with E-state index in [0.717, 1.165) is 47.8 Å². The van der Waals surface area contributed by atoms with Crippen molar-refractivity contribution in [3.05, 3.63) is 59.9 Å². The lowest BCUT2D eigenvalue weighted by molar-refractivity contribution is 0.0199. The lowest BCUT2D eigenvalue weighted by Gasteiger charge is -2.31. The number of para-hydroxylation sites is 1. The Morgan fingerprint density at radius 2 is 1.77 bits per heavy atom. The van der Waals surface area contributed by atoms with E-state index in [1.165, 1.54) is 0 Å². The number of nitrogens with zero attached hydrogens (tertiary/aromatic N) is 3. The van der Waals surface area contributed by atoms with E-state index in [2.05, 4.69) is 26.9 Å². The zero-order valence-corrected chi connectivity index (χ0v) is 23.6. The van der Waals surface area contributed by atoms with Crippen molar-refractivity contribution >= 4 is 38.5 Å². The van der Waals surface area contributed by atoms with Gasteiger partial charge in [0.1, 0.15) is 11.4 Å². The van der Waals surface area contributed by atoms with Crippen LogP contribution in [0, 0.1) is 17.8 Å². The summed E-state index contributed by atoms with van der Waals surface area (Å²) in [5, 5.41) is 4.33. The Hall–Kier alpha value is -3.84. The molecule has 206 valence electrons. The van der Waals surface area contributed by atoms with Crippen LogP contribution < -0.4 is 10.0 Å². The lowest BCUT2D eigenvalue weighted by atomic mass is 9.98. The highest BCUT2D eigenvalue weighted by molar-refractivity contribution is 7.92. The lowest BCUT2D eigenvalue weighted by Crippen LogP contribution is -2.41. The number of carbonyl (C=O) groups excluding carboxylic acids is 1. The van der Waals surface area contributed by atoms with Crippen molar-refractivity contribution in [3.8, 4) is 11.8 Å². The van der Waals surface area contributed by atoms with Crippen molar-refractivity contribution in [2.45, 2.75) is 45.6 Å². The molecule has 0 radical (unpaired) electrons. The third-order valence-corrected chi connectivity index (χ3v) is 6.71. The number of hydrogen-bond acceptors (Lipinski definition) is 7. The third-order valence-electron chi connectivity index (χ3n) is 6.10. The first-order valence-electron chi connectivity index (χ1n) is 13.0. The molecule has 2 aromatic carbocycles. The van der Waals surface area contributed by atoms with Crippen LogP contribution in [-0.2, 0) is 21.2 Å². The molecule has 1 amide bonds. The van der Waals surface area contributed by atoms with E-state index in [1.54, 1.807) is 17.0 Å². The molecule has 0 aliphatic carbocycles. The van der Waals surface area contributed by atoms with Crippen LogP contribution in [0.2, 0.25) is 0 Å². The highest BCUT2D eigenvalue weighted by Gasteiger charge is 2.26. The second kappa shape index (κ2) is 11.9. The molecule has 1 aliphatic heterocycles. The predicted molar refractivity (Wildman–Crippen MR) is 154 cm³/mol. The van der Waals surface area contributed by atoms with Gasteiger partial charge in [-0.15, -0.1) is 0 Å². The minimum Gasteiger partial charge on any atom is -0.444 e. The van der Waals surface area contributed by atoms with Crippen LogP contribution >= 0.6 is 0 Å². The first-order valence-corrected chi connectivity index (χ1v) is 14.9. The molecule has 0 spiro atoms. The van der Waals surface area contributed by atoms with Gasteiger partial charge in [-0.2, -0.15) is 0 Å². The molecule has 1 aliphatic rings. The van der Waals surface area contributed by atoms with Crippen LogP contribution in [0.25, 0.3) is 10.9 Å². The zero-order valence-electron chi connectivity index (χ0n) is 22.8. The number of aromatic nitrogens is 2. The molecule has 1 aromatic heterocycles. The van der Waals surface area contributed by atoms with Crippen LogP contribution in [0.1, 0.15) is 45.0 Å². The van der Waals surface area contributed by atoms with Gasteiger partial charge in [0.05, 0.1) is 11.8 Å². The van der Waals surface area contributed by atoms with Crippen molar-refractivity contribution in [1.29, 1.82) is 0 Å². The average Bonchev–Trinajstić information content (AvgIpc) is 2.87. The number of ether oxygens (including phenoxy) is 1. The molecule has 2 N–H and O–H groups in total. The van der Waals surface area contributed by atoms with E-state index in [-0.39, 0.29) is 12.0 Å². The van der Waals surface area contributed by atoms with Crippen molar-refractivity contribution in [2.75, 3.05) is 35.9 Å². The summed E-state index contributed by atoms with van der Waals surface area (Å²) < 4.78 is 30.8. The van der Waals surface area contributed by atoms with Crippen molar-refractivity contribution in [3.63, 3.8) is 0 Å². The molecule has 0 bridgehead atoms. The first-order chi connectivity index (χ1) is 18.4. The van der Waals surface area contributed by atoms with Gasteiger partial charge in [-0.1, -0.05) is 30.2 Å². The van der Waals surface area contributed by atoms with Gasteiger partial charge in [0.25, 0.3) is 0 Å². The largest absolute Gasteiger partial charge is 0.444 e. The number of carbonyl (C=O) groups is 1. The number of fused-ring (bicyclic) bond motifs is 1. The summed E-state index contributed by atoms with van der Waals surface area (Å²) in [6.45, 7) is 7.48. The molecule has 10 heteroatoms. The first kappa shape index (κ1) is 28.2. The second-order valence-corrected chi connectivity index (χ2v) is 12.4. The second-order valence-electron chi connectivity index (χ2n) is 10.7. The molecule has 1 saturated heterocycles. The zero-order chi connectivity index (χ0) is 28.0. The maximum Gasteiger partial charge on any atom is 0.410 e. The molecule has 2 heterocycles. The summed E-state index contributed by atoms with van der Waals surface area (Å²) in [5.41, 5.74) is 1.91. The van der Waals surface area contributed by atoms with Crippen LogP contribution in [0.5, 0.6) is 0 Å². The number of amides is 1. The summed E-state index contributed by atoms with van der Waals surface area (Å²) in [7, 11) is -3.30. The summed E-state index contributed by atoms with van der Waals surface area (Å²) in [5.74, 6) is 7.81. The Bertz CT molecular complexity index is 1480. The summed E-state index contributed by atoms with van der Waals surface area (Å²) in [6, 6.07) is 15.1. The molecule has 0 atom stereocenters. The maximum absolute atomic E-state index is 12.3. The van der Waals surface area contributed by atoms with Gasteiger partial charge in [0, 0.05) is 36.6 Å². The highest BCUT2D eigenvalue weighted by Crippen LogP contribution is 2.22. The van der Waals surface area contributed by atoms with Crippen LogP contribution in [0.4, 0.5) is 16.3 Å². The Morgan fingerprint density at radius 1 is 1.08 bits per heavy atom. The van der Waals surface area contributed by atoms with Gasteiger partial charge in [-0.3, -0.25) is 4.72 Å². The molecule has 4 rings (SSSR count). The SMILES string of the molecule is CC(C)(C)OC(=O)N1CCC(C#Cc2nc(NCCc3ccc(NS(C)(=O)=O)cc3)c3ccccc3n2)CC1. The Kier molecular flexibility index (Phi) is 8.60. The van der Waals surface area contributed by atoms with Crippen LogP contribution in [-0.4, -0.2) is 60.9 Å². The Morgan fingerprint density at radius 3 is 2.44 bits per heavy atom. The monoisotopic (exact) mass is 549 g/mol. The Balaban J connectivity index is 1.39. The van der Waals surface area contributed by atoms with Crippen LogP contribution in [0.3, 0.4) is 0 Å². The predicted octanol–water partition coefficient (Wildman–Crippen LogP) is 4.65. The molecule has 3 aromatic rings. The van der Waals surface area contributed by atoms with E-state index in [1.807, 2.05) is 57.2 Å². The molecule has 0 saturated carbocycles. The normalized spacial score (nSPS) is 14.4. The average molecular weight is 550 g/mol. The fourth-order valence-corrected chi connectivity index (χ4v) is 4.81. The van der Waals surface area contributed by atoms with E-state index in [4.69, 9.17) is 9.72 Å². The standard InChI is InChI=1S/C29H35N5O4S/c1-29(2,3)38-28(35)34-19-16-22(17-20-34)11-14-26-31-25-8-6-5-7-24(25)27(32-26)30-18-15-21-9-12-23(13-10-21)33-39(4,36)37/h5-10,12-13,22,33H,15-20H2,1-4H3,(H,30,31,32). The van der Waals surface area contributed by atoms with E-state index in [0.29, 0.717) is 31.1 Å². The topological polar surface area (TPSA) is 114 Å². The van der Waals surface area contributed by atoms with E-state index in [9.17, 15) is 13.2 Å². The number of likely N-dealkylation sites (tertiary alicyclic amines) is 1. The number of nitrogens with one attached hydrogen (secondary N) is 2. The molecule has 9 nitrogen and oxygen atoms in total. The minimum atomic E-state index is -3.30. The van der Waals surface area contributed by atoms with Crippen molar-refractivity contribution in [2.24, 2.45) is 5.92 Å². The number of anilines is 2. The van der Waals surface area contributed by atoms with Gasteiger partial charge in [-0.25, -0.2) is 23.2 Å². The summed E-state index contributed by atoms with van der Waals surface area (Å²) in [4.78, 5) is 23.4. The Labute approximate surface area is 230 Å². The molecule has 0 unspecified atom stereocenters. The summed E-state index contributed by atoms with van der Waals surface area (Å²) in [6.07, 6.45) is 3.15. The fourth-order valence-electron chi connectivity index (χ4n) is 4.25. The smallest absolute Gasteiger partial charge is 0.410 e. The summed E-state index contributed by atoms with van der Waals surface area (Å²) >= 11 is 0.